The van der Waals surface area contributed by atoms with E-state index in [-0.39, 0.29) is 24.4 Å². The highest BCUT2D eigenvalue weighted by Crippen LogP contribution is 2.18. The van der Waals surface area contributed by atoms with Crippen LogP contribution in [0.4, 0.5) is 0 Å². The molecule has 2 rings (SSSR count). The Morgan fingerprint density at radius 3 is 2.48 bits per heavy atom. The summed E-state index contributed by atoms with van der Waals surface area (Å²) in [4.78, 5) is 12.1. The largest absolute Gasteiger partial charge is 0.350 e. The van der Waals surface area contributed by atoms with Gasteiger partial charge in [0.05, 0.1) is 6.04 Å². The fraction of sp³-hybridized carbons (Fsp3) is 0.588. The number of hydrogen-bond donors (Lipinski definition) is 2. The lowest BCUT2D eigenvalue weighted by Gasteiger charge is -2.23. The number of halogens is 1. The molecule has 1 unspecified atom stereocenters. The van der Waals surface area contributed by atoms with E-state index < -0.39 is 0 Å². The summed E-state index contributed by atoms with van der Waals surface area (Å²) < 4.78 is 0. The van der Waals surface area contributed by atoms with Crippen molar-refractivity contribution in [1.29, 1.82) is 0 Å². The van der Waals surface area contributed by atoms with Crippen LogP contribution in [0.2, 0.25) is 0 Å². The molecule has 21 heavy (non-hydrogen) atoms. The van der Waals surface area contributed by atoms with Gasteiger partial charge in [-0.3, -0.25) is 4.79 Å². The van der Waals surface area contributed by atoms with E-state index in [9.17, 15) is 4.79 Å². The van der Waals surface area contributed by atoms with E-state index in [1.807, 2.05) is 0 Å². The van der Waals surface area contributed by atoms with Crippen LogP contribution in [0.15, 0.2) is 24.3 Å². The van der Waals surface area contributed by atoms with Crippen molar-refractivity contribution in [3.05, 3.63) is 35.4 Å². The number of piperidine rings is 1. The van der Waals surface area contributed by atoms with Gasteiger partial charge in [0.1, 0.15) is 0 Å². The van der Waals surface area contributed by atoms with Crippen molar-refractivity contribution in [1.82, 2.24) is 10.6 Å². The minimum absolute atomic E-state index is 0. The minimum atomic E-state index is 0. The predicted octanol–water partition coefficient (Wildman–Crippen LogP) is 3.24. The Bertz CT molecular complexity index is 427. The van der Waals surface area contributed by atoms with Crippen molar-refractivity contribution in [3.8, 4) is 0 Å². The number of amides is 1. The number of hydrogen-bond acceptors (Lipinski definition) is 2. The molecule has 1 heterocycles. The lowest BCUT2D eigenvalue weighted by molar-refractivity contribution is -0.122. The lowest BCUT2D eigenvalue weighted by atomic mass is 9.94. The van der Waals surface area contributed by atoms with Crippen LogP contribution in [0.1, 0.15) is 50.3 Å². The summed E-state index contributed by atoms with van der Waals surface area (Å²) in [5.74, 6) is 0.731. The standard InChI is InChI=1S/C17H26N2O.ClH/c1-3-14-4-6-16(7-5-14)13(2)19-17(20)12-15-8-10-18-11-9-15;/h4-7,13,15,18H,3,8-12H2,1-2H3,(H,19,20);1H. The molecular formula is C17H27ClN2O. The van der Waals surface area contributed by atoms with E-state index >= 15 is 0 Å². The summed E-state index contributed by atoms with van der Waals surface area (Å²) in [5.41, 5.74) is 2.52. The van der Waals surface area contributed by atoms with Crippen LogP contribution in [0.3, 0.4) is 0 Å². The molecule has 1 saturated heterocycles. The maximum absolute atomic E-state index is 12.1. The number of rotatable bonds is 5. The summed E-state index contributed by atoms with van der Waals surface area (Å²) in [7, 11) is 0. The minimum Gasteiger partial charge on any atom is -0.350 e. The first-order valence-electron chi connectivity index (χ1n) is 7.78. The molecule has 1 aliphatic heterocycles. The van der Waals surface area contributed by atoms with Crippen molar-refractivity contribution >= 4 is 18.3 Å². The zero-order valence-electron chi connectivity index (χ0n) is 13.0. The zero-order chi connectivity index (χ0) is 14.4. The van der Waals surface area contributed by atoms with Crippen LogP contribution in [-0.2, 0) is 11.2 Å². The molecular weight excluding hydrogens is 284 g/mol. The van der Waals surface area contributed by atoms with Crippen LogP contribution < -0.4 is 10.6 Å². The first-order chi connectivity index (χ1) is 9.69. The Kier molecular flexibility index (Phi) is 7.76. The molecule has 1 aromatic rings. The van der Waals surface area contributed by atoms with E-state index in [4.69, 9.17) is 0 Å². The maximum atomic E-state index is 12.1. The molecule has 1 fully saturated rings. The summed E-state index contributed by atoms with van der Waals surface area (Å²) in [5, 5.41) is 6.46. The molecule has 1 aromatic carbocycles. The summed E-state index contributed by atoms with van der Waals surface area (Å²) in [6, 6.07) is 8.62. The van der Waals surface area contributed by atoms with Crippen LogP contribution >= 0.6 is 12.4 Å². The smallest absolute Gasteiger partial charge is 0.220 e. The molecule has 0 bridgehead atoms. The van der Waals surface area contributed by atoms with Gasteiger partial charge in [-0.05, 0) is 56.3 Å². The second kappa shape index (κ2) is 9.06. The molecule has 0 aliphatic carbocycles. The Morgan fingerprint density at radius 2 is 1.90 bits per heavy atom. The molecule has 3 nitrogen and oxygen atoms in total. The normalized spacial score (nSPS) is 16.9. The topological polar surface area (TPSA) is 41.1 Å². The van der Waals surface area contributed by atoms with Gasteiger partial charge in [-0.1, -0.05) is 31.2 Å². The van der Waals surface area contributed by atoms with Crippen LogP contribution in [0.5, 0.6) is 0 Å². The third kappa shape index (κ3) is 5.68. The van der Waals surface area contributed by atoms with Crippen molar-refractivity contribution in [2.45, 2.75) is 45.6 Å². The molecule has 1 amide bonds. The Balaban J connectivity index is 0.00000220. The second-order valence-corrected chi connectivity index (χ2v) is 5.78. The Hall–Kier alpha value is -1.06. The molecule has 0 spiro atoms. The molecule has 0 aromatic heterocycles. The maximum Gasteiger partial charge on any atom is 0.220 e. The van der Waals surface area contributed by atoms with Gasteiger partial charge in [0.2, 0.25) is 5.91 Å². The lowest BCUT2D eigenvalue weighted by Crippen LogP contribution is -2.33. The average molecular weight is 311 g/mol. The van der Waals surface area contributed by atoms with Crippen molar-refractivity contribution in [2.24, 2.45) is 5.92 Å². The highest BCUT2D eigenvalue weighted by Gasteiger charge is 2.18. The Labute approximate surface area is 134 Å². The van der Waals surface area contributed by atoms with Gasteiger partial charge < -0.3 is 10.6 Å². The predicted molar refractivity (Wildman–Crippen MR) is 89.8 cm³/mol. The summed E-state index contributed by atoms with van der Waals surface area (Å²) >= 11 is 0. The van der Waals surface area contributed by atoms with Gasteiger partial charge >= 0.3 is 0 Å². The second-order valence-electron chi connectivity index (χ2n) is 5.78. The van der Waals surface area contributed by atoms with Crippen molar-refractivity contribution < 1.29 is 4.79 Å². The molecule has 1 atom stereocenters. The fourth-order valence-corrected chi connectivity index (χ4v) is 2.77. The molecule has 4 heteroatoms. The first-order valence-corrected chi connectivity index (χ1v) is 7.78. The molecule has 0 saturated carbocycles. The Morgan fingerprint density at radius 1 is 1.29 bits per heavy atom. The van der Waals surface area contributed by atoms with E-state index in [1.54, 1.807) is 0 Å². The summed E-state index contributed by atoms with van der Waals surface area (Å²) in [6.45, 7) is 6.30. The summed E-state index contributed by atoms with van der Waals surface area (Å²) in [6.07, 6.45) is 3.95. The van der Waals surface area contributed by atoms with Gasteiger partial charge in [0, 0.05) is 6.42 Å². The van der Waals surface area contributed by atoms with E-state index in [0.29, 0.717) is 12.3 Å². The number of carbonyl (C=O) groups excluding carboxylic acids is 1. The van der Waals surface area contributed by atoms with E-state index in [1.165, 1.54) is 11.1 Å². The third-order valence-corrected chi connectivity index (χ3v) is 4.20. The number of aryl methyl sites for hydroxylation is 1. The van der Waals surface area contributed by atoms with Crippen LogP contribution in [0.25, 0.3) is 0 Å². The van der Waals surface area contributed by atoms with Gasteiger partial charge in [0.15, 0.2) is 0 Å². The van der Waals surface area contributed by atoms with Crippen molar-refractivity contribution in [2.75, 3.05) is 13.1 Å². The number of nitrogens with one attached hydrogen (secondary N) is 2. The molecule has 2 N–H and O–H groups in total. The van der Waals surface area contributed by atoms with Gasteiger partial charge in [-0.15, -0.1) is 12.4 Å². The fourth-order valence-electron chi connectivity index (χ4n) is 2.77. The first kappa shape index (κ1) is 18.0. The monoisotopic (exact) mass is 310 g/mol. The quantitative estimate of drug-likeness (QED) is 0.876. The van der Waals surface area contributed by atoms with Gasteiger partial charge in [-0.2, -0.15) is 0 Å². The van der Waals surface area contributed by atoms with Crippen LogP contribution in [0, 0.1) is 5.92 Å². The average Bonchev–Trinajstić information content (AvgIpc) is 2.48. The number of carbonyl (C=O) groups is 1. The molecule has 118 valence electrons. The van der Waals surface area contributed by atoms with E-state index in [2.05, 4.69) is 48.7 Å². The molecule has 0 radical (unpaired) electrons. The van der Waals surface area contributed by atoms with E-state index in [0.717, 1.165) is 32.4 Å². The zero-order valence-corrected chi connectivity index (χ0v) is 13.8. The highest BCUT2D eigenvalue weighted by atomic mass is 35.5. The van der Waals surface area contributed by atoms with Gasteiger partial charge in [-0.25, -0.2) is 0 Å². The SMILES string of the molecule is CCc1ccc(C(C)NC(=O)CC2CCNCC2)cc1.Cl. The van der Waals surface area contributed by atoms with Gasteiger partial charge in [0.25, 0.3) is 0 Å². The van der Waals surface area contributed by atoms with Crippen LogP contribution in [-0.4, -0.2) is 19.0 Å². The highest BCUT2D eigenvalue weighted by molar-refractivity contribution is 5.85. The molecule has 1 aliphatic rings. The third-order valence-electron chi connectivity index (χ3n) is 4.20. The van der Waals surface area contributed by atoms with Crippen molar-refractivity contribution in [3.63, 3.8) is 0 Å². The number of benzene rings is 1.